The zero-order chi connectivity index (χ0) is 14.1. The Morgan fingerprint density at radius 1 is 1.20 bits per heavy atom. The Hall–Kier alpha value is -1.22. The van der Waals surface area contributed by atoms with Crippen LogP contribution in [-0.4, -0.2) is 23.7 Å². The second-order valence-electron chi connectivity index (χ2n) is 5.91. The summed E-state index contributed by atoms with van der Waals surface area (Å²) in [5, 5.41) is 10.0. The third kappa shape index (κ3) is 2.51. The predicted molar refractivity (Wildman–Crippen MR) is 80.7 cm³/mol. The van der Waals surface area contributed by atoms with Gasteiger partial charge in [0.05, 0.1) is 11.3 Å². The first kappa shape index (κ1) is 13.7. The maximum Gasteiger partial charge on any atom is 0.337 e. The molecule has 0 aromatic heterocycles. The normalized spacial score (nSPS) is 26.1. The quantitative estimate of drug-likeness (QED) is 0.888. The molecular weight excluding hydrogens is 274 g/mol. The van der Waals surface area contributed by atoms with Crippen LogP contribution in [0.3, 0.4) is 0 Å². The number of piperidine rings is 1. The van der Waals surface area contributed by atoms with Crippen molar-refractivity contribution < 1.29 is 9.90 Å². The number of nitrogens with zero attached hydrogens (tertiary/aromatic N) is 1. The summed E-state index contributed by atoms with van der Waals surface area (Å²) in [6.07, 6.45) is 7.45. The van der Waals surface area contributed by atoms with E-state index in [1.54, 1.807) is 12.1 Å². The molecular formula is C16H20ClNO2. The second kappa shape index (κ2) is 5.65. The van der Waals surface area contributed by atoms with Crippen molar-refractivity contribution in [2.45, 2.75) is 44.6 Å². The van der Waals surface area contributed by atoms with Crippen molar-refractivity contribution in [3.63, 3.8) is 0 Å². The van der Waals surface area contributed by atoms with Crippen LogP contribution < -0.4 is 4.90 Å². The highest BCUT2D eigenvalue weighted by Crippen LogP contribution is 2.39. The van der Waals surface area contributed by atoms with Gasteiger partial charge in [0.15, 0.2) is 0 Å². The third-order valence-corrected chi connectivity index (χ3v) is 4.98. The van der Waals surface area contributed by atoms with Crippen LogP contribution in [0.15, 0.2) is 18.2 Å². The van der Waals surface area contributed by atoms with Gasteiger partial charge in [0.1, 0.15) is 0 Å². The van der Waals surface area contributed by atoms with Gasteiger partial charge in [0, 0.05) is 17.6 Å². The van der Waals surface area contributed by atoms with Gasteiger partial charge in [0.25, 0.3) is 0 Å². The van der Waals surface area contributed by atoms with E-state index in [0.717, 1.165) is 24.6 Å². The van der Waals surface area contributed by atoms with Gasteiger partial charge in [-0.15, -0.1) is 0 Å². The van der Waals surface area contributed by atoms with Crippen LogP contribution in [0.4, 0.5) is 5.69 Å². The molecule has 1 saturated carbocycles. The molecule has 1 aliphatic heterocycles. The number of halogens is 1. The number of carbonyl (C=O) groups is 1. The number of aromatic carboxylic acids is 1. The first-order valence-electron chi connectivity index (χ1n) is 7.46. The summed E-state index contributed by atoms with van der Waals surface area (Å²) >= 11 is 6.10. The van der Waals surface area contributed by atoms with Crippen LogP contribution in [0.5, 0.6) is 0 Å². The lowest BCUT2D eigenvalue weighted by atomic mass is 9.78. The molecule has 0 amide bonds. The van der Waals surface area contributed by atoms with E-state index < -0.39 is 5.97 Å². The highest BCUT2D eigenvalue weighted by molar-refractivity contribution is 6.31. The van der Waals surface area contributed by atoms with Gasteiger partial charge in [0.2, 0.25) is 0 Å². The van der Waals surface area contributed by atoms with Crippen molar-refractivity contribution in [2.24, 2.45) is 5.92 Å². The molecule has 2 fully saturated rings. The van der Waals surface area contributed by atoms with Gasteiger partial charge in [-0.2, -0.15) is 0 Å². The lowest BCUT2D eigenvalue weighted by Gasteiger charge is -2.45. The molecule has 1 heterocycles. The molecule has 20 heavy (non-hydrogen) atoms. The molecule has 1 N–H and O–H groups in total. The van der Waals surface area contributed by atoms with Crippen LogP contribution in [0.1, 0.15) is 48.9 Å². The SMILES string of the molecule is O=C(O)c1ccc(Cl)cc1N1CCCC2CCCCC21. The number of anilines is 1. The number of carboxylic acid groups (broad SMARTS) is 1. The Morgan fingerprint density at radius 3 is 2.75 bits per heavy atom. The molecule has 1 aliphatic carbocycles. The smallest absolute Gasteiger partial charge is 0.337 e. The minimum absolute atomic E-state index is 0.376. The van der Waals surface area contributed by atoms with E-state index >= 15 is 0 Å². The molecule has 1 aromatic carbocycles. The Morgan fingerprint density at radius 2 is 1.95 bits per heavy atom. The largest absolute Gasteiger partial charge is 0.478 e. The Labute approximate surface area is 124 Å². The molecule has 2 aliphatic rings. The van der Waals surface area contributed by atoms with Crippen molar-refractivity contribution in [3.8, 4) is 0 Å². The minimum Gasteiger partial charge on any atom is -0.478 e. The molecule has 1 saturated heterocycles. The standard InChI is InChI=1S/C16H20ClNO2/c17-12-7-8-13(16(19)20)15(10-12)18-9-3-5-11-4-1-2-6-14(11)18/h7-8,10-11,14H,1-6,9H2,(H,19,20). The molecule has 1 aromatic rings. The molecule has 2 unspecified atom stereocenters. The van der Waals surface area contributed by atoms with Gasteiger partial charge in [-0.1, -0.05) is 24.4 Å². The van der Waals surface area contributed by atoms with Crippen LogP contribution >= 0.6 is 11.6 Å². The lowest BCUT2D eigenvalue weighted by molar-refractivity contribution is 0.0697. The highest BCUT2D eigenvalue weighted by atomic mass is 35.5. The molecule has 2 atom stereocenters. The highest BCUT2D eigenvalue weighted by Gasteiger charge is 2.34. The maximum absolute atomic E-state index is 11.5. The first-order valence-corrected chi connectivity index (χ1v) is 7.84. The molecule has 3 nitrogen and oxygen atoms in total. The molecule has 4 heteroatoms. The molecule has 108 valence electrons. The van der Waals surface area contributed by atoms with E-state index in [2.05, 4.69) is 4.90 Å². The van der Waals surface area contributed by atoms with Gasteiger partial charge >= 0.3 is 5.97 Å². The fraction of sp³-hybridized carbons (Fsp3) is 0.562. The van der Waals surface area contributed by atoms with Crippen molar-refractivity contribution in [2.75, 3.05) is 11.4 Å². The van der Waals surface area contributed by atoms with E-state index in [4.69, 9.17) is 11.6 Å². The summed E-state index contributed by atoms with van der Waals surface area (Å²) in [7, 11) is 0. The van der Waals surface area contributed by atoms with Crippen molar-refractivity contribution >= 4 is 23.3 Å². The molecule has 0 bridgehead atoms. The number of carboxylic acids is 1. The summed E-state index contributed by atoms with van der Waals surface area (Å²) in [6.45, 7) is 0.946. The zero-order valence-corrected chi connectivity index (χ0v) is 12.3. The number of rotatable bonds is 2. The van der Waals surface area contributed by atoms with Crippen LogP contribution in [-0.2, 0) is 0 Å². The van der Waals surface area contributed by atoms with E-state index in [-0.39, 0.29) is 0 Å². The topological polar surface area (TPSA) is 40.5 Å². The fourth-order valence-corrected chi connectivity index (χ4v) is 4.01. The van der Waals surface area contributed by atoms with Gasteiger partial charge < -0.3 is 10.0 Å². The van der Waals surface area contributed by atoms with Crippen molar-refractivity contribution in [1.82, 2.24) is 0 Å². The van der Waals surface area contributed by atoms with E-state index in [0.29, 0.717) is 16.6 Å². The minimum atomic E-state index is -0.866. The number of benzene rings is 1. The van der Waals surface area contributed by atoms with Crippen molar-refractivity contribution in [3.05, 3.63) is 28.8 Å². The monoisotopic (exact) mass is 293 g/mol. The Kier molecular flexibility index (Phi) is 3.88. The molecule has 3 rings (SSSR count). The van der Waals surface area contributed by atoms with E-state index in [1.807, 2.05) is 6.07 Å². The Balaban J connectivity index is 1.98. The summed E-state index contributed by atoms with van der Waals surface area (Å²) in [4.78, 5) is 13.8. The summed E-state index contributed by atoms with van der Waals surface area (Å²) in [5.41, 5.74) is 1.18. The molecule has 0 spiro atoms. The number of hydrogen-bond donors (Lipinski definition) is 1. The van der Waals surface area contributed by atoms with Crippen LogP contribution in [0, 0.1) is 5.92 Å². The van der Waals surface area contributed by atoms with E-state index in [1.165, 1.54) is 32.1 Å². The summed E-state index contributed by atoms with van der Waals surface area (Å²) < 4.78 is 0. The van der Waals surface area contributed by atoms with Crippen LogP contribution in [0.25, 0.3) is 0 Å². The lowest BCUT2D eigenvalue weighted by Crippen LogP contribution is -2.47. The third-order valence-electron chi connectivity index (χ3n) is 4.74. The zero-order valence-electron chi connectivity index (χ0n) is 11.5. The predicted octanol–water partition coefficient (Wildman–Crippen LogP) is 4.20. The Bertz CT molecular complexity index is 515. The first-order chi connectivity index (χ1) is 9.66. The van der Waals surface area contributed by atoms with Gasteiger partial charge in [-0.25, -0.2) is 4.79 Å². The van der Waals surface area contributed by atoms with Crippen LogP contribution in [0.2, 0.25) is 5.02 Å². The van der Waals surface area contributed by atoms with E-state index in [9.17, 15) is 9.90 Å². The second-order valence-corrected chi connectivity index (χ2v) is 6.35. The average molecular weight is 294 g/mol. The average Bonchev–Trinajstić information content (AvgIpc) is 2.46. The fourth-order valence-electron chi connectivity index (χ4n) is 3.85. The van der Waals surface area contributed by atoms with Gasteiger partial charge in [-0.05, 0) is 49.8 Å². The summed E-state index contributed by atoms with van der Waals surface area (Å²) in [5.74, 6) is -0.146. The number of fused-ring (bicyclic) bond motifs is 1. The van der Waals surface area contributed by atoms with Gasteiger partial charge in [-0.3, -0.25) is 0 Å². The maximum atomic E-state index is 11.5. The molecule has 0 radical (unpaired) electrons. The van der Waals surface area contributed by atoms with Crippen molar-refractivity contribution in [1.29, 1.82) is 0 Å². The number of hydrogen-bond acceptors (Lipinski definition) is 2. The summed E-state index contributed by atoms with van der Waals surface area (Å²) in [6, 6.07) is 5.61.